The average Bonchev–Trinajstić information content (AvgIpc) is 3.46. The highest BCUT2D eigenvalue weighted by atomic mass is 16.6. The maximum absolute atomic E-state index is 11.9. The van der Waals surface area contributed by atoms with Gasteiger partial charge in [-0.25, -0.2) is 5.43 Å². The van der Waals surface area contributed by atoms with Gasteiger partial charge in [-0.3, -0.25) is 30.3 Å². The highest BCUT2D eigenvalue weighted by Gasteiger charge is 2.48. The van der Waals surface area contributed by atoms with Crippen LogP contribution in [0.3, 0.4) is 0 Å². The van der Waals surface area contributed by atoms with Crippen molar-refractivity contribution < 1.29 is 14.8 Å². The van der Waals surface area contributed by atoms with Crippen LogP contribution in [-0.4, -0.2) is 14.8 Å². The summed E-state index contributed by atoms with van der Waals surface area (Å²) in [6.07, 6.45) is 1.95. The zero-order valence-electron chi connectivity index (χ0n) is 23.9. The molecule has 0 aromatic heterocycles. The van der Waals surface area contributed by atoms with Crippen molar-refractivity contribution in [1.29, 1.82) is 0 Å². The lowest BCUT2D eigenvalue weighted by Crippen LogP contribution is -2.31. The van der Waals surface area contributed by atoms with E-state index in [1.807, 2.05) is 26.0 Å². The third-order valence-electron chi connectivity index (χ3n) is 9.66. The summed E-state index contributed by atoms with van der Waals surface area (Å²) < 4.78 is 0. The Morgan fingerprint density at radius 3 is 1.25 bits per heavy atom. The first-order valence-corrected chi connectivity index (χ1v) is 14.2. The van der Waals surface area contributed by atoms with E-state index in [2.05, 4.69) is 10.7 Å². The van der Waals surface area contributed by atoms with Gasteiger partial charge in [-0.2, -0.15) is 0 Å². The van der Waals surface area contributed by atoms with Crippen LogP contribution in [0.4, 0.5) is 22.7 Å². The molecule has 2 aliphatic carbocycles. The fourth-order valence-electron chi connectivity index (χ4n) is 7.50. The van der Waals surface area contributed by atoms with Crippen LogP contribution in [0.5, 0.6) is 0 Å². The van der Waals surface area contributed by atoms with Crippen molar-refractivity contribution >= 4 is 22.7 Å². The standard InChI is InChI=1S/C32H27N5O7/c1-3-31(27-15-19(33-34-38)5-9-23(27)24-10-6-20(35(39)40)16-28(24)31)13-14-32(4-2)29-17-21(36(41)42)7-11-25(29)26-12-8-22(37(43)44)18-30(26)32/h5-12,15-18H,3-4,13-14H2,1-2H3,(H,33,38). The molecule has 1 N–H and O–H groups in total. The van der Waals surface area contributed by atoms with Gasteiger partial charge >= 0.3 is 0 Å². The van der Waals surface area contributed by atoms with Gasteiger partial charge in [0.2, 0.25) is 0 Å². The molecule has 0 spiro atoms. The van der Waals surface area contributed by atoms with Crippen LogP contribution in [0.2, 0.25) is 0 Å². The summed E-state index contributed by atoms with van der Waals surface area (Å²) in [5.41, 5.74) is 7.65. The number of nitrogens with zero attached hydrogens (tertiary/aromatic N) is 4. The maximum atomic E-state index is 11.9. The minimum Gasteiger partial charge on any atom is -0.258 e. The van der Waals surface area contributed by atoms with Gasteiger partial charge in [0, 0.05) is 47.2 Å². The van der Waals surface area contributed by atoms with Crippen molar-refractivity contribution in [2.75, 3.05) is 5.43 Å². The molecule has 2 aliphatic rings. The maximum Gasteiger partial charge on any atom is 0.269 e. The van der Waals surface area contributed by atoms with E-state index in [4.69, 9.17) is 0 Å². The monoisotopic (exact) mass is 593 g/mol. The van der Waals surface area contributed by atoms with E-state index < -0.39 is 25.6 Å². The molecule has 1 unspecified atom stereocenters. The number of hydrogen-bond donors (Lipinski definition) is 1. The molecule has 222 valence electrons. The molecular weight excluding hydrogens is 566 g/mol. The minimum atomic E-state index is -0.811. The third-order valence-corrected chi connectivity index (χ3v) is 9.66. The molecule has 4 aromatic rings. The number of nitro benzene ring substituents is 3. The molecular formula is C32H27N5O7. The normalized spacial score (nSPS) is 16.8. The summed E-state index contributed by atoms with van der Waals surface area (Å²) in [4.78, 5) is 45.3. The van der Waals surface area contributed by atoms with Gasteiger partial charge in [-0.05, 0) is 101 Å². The molecule has 0 amide bonds. The summed E-state index contributed by atoms with van der Waals surface area (Å²) in [6.45, 7) is 3.97. The van der Waals surface area contributed by atoms with Crippen LogP contribution in [0.1, 0.15) is 61.8 Å². The van der Waals surface area contributed by atoms with Crippen molar-refractivity contribution in [2.45, 2.75) is 50.4 Å². The van der Waals surface area contributed by atoms with E-state index >= 15 is 0 Å². The molecule has 0 radical (unpaired) electrons. The SMILES string of the molecule is CCC1(CCC2(CC)c3cc([N+](=O)[O-])ccc3-c3ccc([N+](=O)[O-])cc32)c2cc(NN=O)ccc2-c2ccc([N+](=O)[O-])cc21. The molecule has 0 saturated carbocycles. The first-order chi connectivity index (χ1) is 21.1. The lowest BCUT2D eigenvalue weighted by molar-refractivity contribution is -0.385. The van der Waals surface area contributed by atoms with Gasteiger partial charge in [0.15, 0.2) is 0 Å². The topological polar surface area (TPSA) is 171 Å². The molecule has 0 aliphatic heterocycles. The highest BCUT2D eigenvalue weighted by Crippen LogP contribution is 2.59. The number of nitroso groups, excluding NO2 is 1. The van der Waals surface area contributed by atoms with Crippen molar-refractivity contribution in [3.8, 4) is 22.3 Å². The first-order valence-electron chi connectivity index (χ1n) is 14.2. The van der Waals surface area contributed by atoms with Crippen LogP contribution in [0, 0.1) is 35.3 Å². The highest BCUT2D eigenvalue weighted by molar-refractivity contribution is 5.85. The average molecular weight is 594 g/mol. The fraction of sp³-hybridized carbons (Fsp3) is 0.250. The van der Waals surface area contributed by atoms with Crippen molar-refractivity contribution in [3.05, 3.63) is 130 Å². The molecule has 1 atom stereocenters. The quantitative estimate of drug-likeness (QED) is 0.109. The van der Waals surface area contributed by atoms with Gasteiger partial charge in [-0.15, -0.1) is 4.91 Å². The predicted octanol–water partition coefficient (Wildman–Crippen LogP) is 8.34. The molecule has 6 rings (SSSR count). The Kier molecular flexibility index (Phi) is 6.71. The smallest absolute Gasteiger partial charge is 0.258 e. The van der Waals surface area contributed by atoms with E-state index in [1.54, 1.807) is 42.5 Å². The summed E-state index contributed by atoms with van der Waals surface area (Å²) in [6, 6.07) is 19.7. The van der Waals surface area contributed by atoms with E-state index in [9.17, 15) is 35.3 Å². The second-order valence-corrected chi connectivity index (χ2v) is 11.3. The third kappa shape index (κ3) is 4.05. The lowest BCUT2D eigenvalue weighted by Gasteiger charge is -2.37. The molecule has 0 fully saturated rings. The fourth-order valence-corrected chi connectivity index (χ4v) is 7.50. The van der Waals surface area contributed by atoms with Crippen molar-refractivity contribution in [3.63, 3.8) is 0 Å². The number of nitrogens with one attached hydrogen (secondary N) is 1. The first kappa shape index (κ1) is 28.6. The molecule has 0 saturated heterocycles. The number of hydrogen-bond acceptors (Lipinski definition) is 8. The van der Waals surface area contributed by atoms with Crippen LogP contribution in [-0.2, 0) is 10.8 Å². The zero-order chi connectivity index (χ0) is 31.4. The van der Waals surface area contributed by atoms with E-state index in [1.165, 1.54) is 18.2 Å². The molecule has 12 nitrogen and oxygen atoms in total. The summed E-state index contributed by atoms with van der Waals surface area (Å²) in [5.74, 6) is 0. The Bertz CT molecular complexity index is 1840. The number of rotatable bonds is 10. The van der Waals surface area contributed by atoms with Gasteiger partial charge in [-0.1, -0.05) is 19.9 Å². The molecule has 0 heterocycles. The van der Waals surface area contributed by atoms with E-state index in [0.717, 1.165) is 44.5 Å². The zero-order valence-corrected chi connectivity index (χ0v) is 23.9. The van der Waals surface area contributed by atoms with Crippen LogP contribution in [0.15, 0.2) is 78.1 Å². The van der Waals surface area contributed by atoms with Crippen LogP contribution >= 0.6 is 0 Å². The second kappa shape index (κ2) is 10.3. The number of benzene rings is 4. The largest absolute Gasteiger partial charge is 0.269 e. The van der Waals surface area contributed by atoms with Gasteiger partial charge in [0.05, 0.1) is 25.7 Å². The van der Waals surface area contributed by atoms with Gasteiger partial charge < -0.3 is 0 Å². The number of fused-ring (bicyclic) bond motifs is 6. The Labute approximate surface area is 251 Å². The Morgan fingerprint density at radius 1 is 0.591 bits per heavy atom. The van der Waals surface area contributed by atoms with E-state index in [-0.39, 0.29) is 17.1 Å². The van der Waals surface area contributed by atoms with Gasteiger partial charge in [0.1, 0.15) is 0 Å². The second-order valence-electron chi connectivity index (χ2n) is 11.3. The Morgan fingerprint density at radius 2 is 0.932 bits per heavy atom. The summed E-state index contributed by atoms with van der Waals surface area (Å²) >= 11 is 0. The van der Waals surface area contributed by atoms with Gasteiger partial charge in [0.25, 0.3) is 17.1 Å². The molecule has 4 aromatic carbocycles. The molecule has 44 heavy (non-hydrogen) atoms. The van der Waals surface area contributed by atoms with E-state index in [0.29, 0.717) is 31.4 Å². The lowest BCUT2D eigenvalue weighted by atomic mass is 9.65. The number of anilines is 1. The van der Waals surface area contributed by atoms with Crippen molar-refractivity contribution in [1.82, 2.24) is 0 Å². The number of non-ortho nitro benzene ring substituents is 3. The molecule has 12 heteroatoms. The summed E-state index contributed by atoms with van der Waals surface area (Å²) in [5, 5.41) is 38.4. The Balaban J connectivity index is 1.57. The predicted molar refractivity (Wildman–Crippen MR) is 165 cm³/mol. The molecule has 0 bridgehead atoms. The van der Waals surface area contributed by atoms with Crippen molar-refractivity contribution in [2.24, 2.45) is 5.29 Å². The van der Waals surface area contributed by atoms with Crippen LogP contribution in [0.25, 0.3) is 22.3 Å². The Hall–Kier alpha value is -5.52. The van der Waals surface area contributed by atoms with Crippen LogP contribution < -0.4 is 5.43 Å². The number of nitro groups is 3. The summed E-state index contributed by atoms with van der Waals surface area (Å²) in [7, 11) is 0. The minimum absolute atomic E-state index is 0.0460.